The Hall–Kier alpha value is 0.310. The summed E-state index contributed by atoms with van der Waals surface area (Å²) in [5.41, 5.74) is 0.810. The second kappa shape index (κ2) is 5.01. The third kappa shape index (κ3) is 2.75. The van der Waals surface area contributed by atoms with Gasteiger partial charge in [0.2, 0.25) is 0 Å². The molecule has 0 aromatic carbocycles. The lowest BCUT2D eigenvalue weighted by Gasteiger charge is -2.52. The van der Waals surface area contributed by atoms with Gasteiger partial charge in [0, 0.05) is 17.3 Å². The molecule has 18 heavy (non-hydrogen) atoms. The van der Waals surface area contributed by atoms with E-state index in [1.807, 2.05) is 0 Å². The fourth-order valence-corrected chi connectivity index (χ4v) is 5.51. The molecule has 1 heterocycles. The highest BCUT2D eigenvalue weighted by Gasteiger charge is 2.48. The van der Waals surface area contributed by atoms with Crippen LogP contribution in [0.25, 0.3) is 0 Å². The van der Waals surface area contributed by atoms with Gasteiger partial charge in [0.15, 0.2) is 0 Å². The molecular weight excluding hydrogens is 240 g/mol. The van der Waals surface area contributed by atoms with E-state index in [2.05, 4.69) is 53.3 Å². The van der Waals surface area contributed by atoms with Crippen LogP contribution in [0.5, 0.6) is 0 Å². The van der Waals surface area contributed by atoms with Gasteiger partial charge in [-0.1, -0.05) is 48.0 Å². The lowest BCUT2D eigenvalue weighted by molar-refractivity contribution is -0.0571. The molecule has 2 unspecified atom stereocenters. The van der Waals surface area contributed by atoms with Crippen LogP contribution in [-0.2, 0) is 4.74 Å². The van der Waals surface area contributed by atoms with Crippen LogP contribution in [0.4, 0.5) is 0 Å². The van der Waals surface area contributed by atoms with Crippen molar-refractivity contribution in [3.05, 3.63) is 0 Å². The fraction of sp³-hybridized carbons (Fsp3) is 1.00. The summed E-state index contributed by atoms with van der Waals surface area (Å²) >= 11 is 2.08. The van der Waals surface area contributed by atoms with Crippen LogP contribution in [0.15, 0.2) is 0 Å². The Labute approximate surface area is 117 Å². The van der Waals surface area contributed by atoms with Crippen molar-refractivity contribution >= 4 is 11.8 Å². The van der Waals surface area contributed by atoms with Crippen LogP contribution in [0, 0.1) is 23.2 Å². The van der Waals surface area contributed by atoms with E-state index in [-0.39, 0.29) is 0 Å². The highest BCUT2D eigenvalue weighted by Crippen LogP contribution is 2.54. The molecule has 1 nitrogen and oxygen atoms in total. The molecule has 2 aliphatic rings. The Kier molecular flexibility index (Phi) is 4.10. The molecular formula is C16H30OS. The van der Waals surface area contributed by atoms with Crippen molar-refractivity contribution in [2.75, 3.05) is 6.61 Å². The molecule has 106 valence electrons. The molecule has 1 aliphatic carbocycles. The van der Waals surface area contributed by atoms with E-state index in [9.17, 15) is 0 Å². The number of hydrogen-bond donors (Lipinski definition) is 0. The summed E-state index contributed by atoms with van der Waals surface area (Å²) in [6.45, 7) is 15.5. The predicted octanol–water partition coefficient (Wildman–Crippen LogP) is 4.95. The maximum absolute atomic E-state index is 6.17. The smallest absolute Gasteiger partial charge is 0.107 e. The lowest BCUT2D eigenvalue weighted by atomic mass is 9.59. The van der Waals surface area contributed by atoms with E-state index < -0.39 is 0 Å². The molecule has 0 bridgehead atoms. The van der Waals surface area contributed by atoms with Gasteiger partial charge >= 0.3 is 0 Å². The minimum atomic E-state index is 0.388. The first-order valence-electron chi connectivity index (χ1n) is 7.53. The highest BCUT2D eigenvalue weighted by molar-refractivity contribution is 8.01. The van der Waals surface area contributed by atoms with Gasteiger partial charge in [-0.05, 0) is 30.1 Å². The molecule has 0 N–H and O–H groups in total. The van der Waals surface area contributed by atoms with Crippen molar-refractivity contribution in [2.45, 2.75) is 71.0 Å². The minimum absolute atomic E-state index is 0.388. The first-order valence-corrected chi connectivity index (χ1v) is 8.41. The van der Waals surface area contributed by atoms with Crippen molar-refractivity contribution in [2.24, 2.45) is 23.2 Å². The van der Waals surface area contributed by atoms with Gasteiger partial charge in [-0.3, -0.25) is 0 Å². The molecule has 2 rings (SSSR count). The summed E-state index contributed by atoms with van der Waals surface area (Å²) in [6, 6.07) is 0. The maximum Gasteiger partial charge on any atom is 0.107 e. The van der Waals surface area contributed by atoms with Gasteiger partial charge in [0.05, 0.1) is 0 Å². The Morgan fingerprint density at radius 3 is 2.33 bits per heavy atom. The molecule has 2 heteroatoms. The average molecular weight is 270 g/mol. The molecule has 1 aliphatic heterocycles. The molecule has 1 saturated heterocycles. The Balaban J connectivity index is 2.18. The quantitative estimate of drug-likeness (QED) is 0.666. The van der Waals surface area contributed by atoms with Gasteiger partial charge < -0.3 is 4.74 Å². The zero-order valence-electron chi connectivity index (χ0n) is 13.0. The van der Waals surface area contributed by atoms with Crippen LogP contribution in [0.1, 0.15) is 60.8 Å². The SMILES string of the molecule is C[C@H]1CC[C@H](C)C(C)(C)C1C1OCCC(C)(C)S1. The monoisotopic (exact) mass is 270 g/mol. The molecule has 0 amide bonds. The van der Waals surface area contributed by atoms with Crippen LogP contribution in [-0.4, -0.2) is 16.8 Å². The van der Waals surface area contributed by atoms with E-state index >= 15 is 0 Å². The van der Waals surface area contributed by atoms with Gasteiger partial charge in [0.25, 0.3) is 0 Å². The number of ether oxygens (including phenoxy) is 1. The Bertz CT molecular complexity index is 297. The first-order chi connectivity index (χ1) is 8.24. The number of thioether (sulfide) groups is 1. The zero-order chi connectivity index (χ0) is 13.6. The van der Waals surface area contributed by atoms with E-state index in [1.54, 1.807) is 0 Å². The summed E-state index contributed by atoms with van der Waals surface area (Å²) in [6.07, 6.45) is 3.94. The largest absolute Gasteiger partial charge is 0.367 e. The zero-order valence-corrected chi connectivity index (χ0v) is 13.8. The second-order valence-corrected chi connectivity index (χ2v) is 9.48. The normalized spacial score (nSPS) is 43.7. The van der Waals surface area contributed by atoms with Gasteiger partial charge in [-0.2, -0.15) is 0 Å². The van der Waals surface area contributed by atoms with Crippen LogP contribution in [0.2, 0.25) is 0 Å². The van der Waals surface area contributed by atoms with E-state index in [0.717, 1.165) is 18.4 Å². The Morgan fingerprint density at radius 2 is 1.72 bits per heavy atom. The molecule has 1 saturated carbocycles. The standard InChI is InChI=1S/C16H30OS/c1-11-7-8-12(2)16(5,6)13(11)14-17-10-9-15(3,4)18-14/h11-14H,7-10H2,1-6H3/t11-,12-,13?,14?/m0/s1. The van der Waals surface area contributed by atoms with Crippen LogP contribution in [0.3, 0.4) is 0 Å². The van der Waals surface area contributed by atoms with Crippen molar-refractivity contribution in [1.29, 1.82) is 0 Å². The molecule has 4 atom stereocenters. The topological polar surface area (TPSA) is 9.23 Å². The van der Waals surface area contributed by atoms with Crippen molar-refractivity contribution in [1.82, 2.24) is 0 Å². The number of hydrogen-bond acceptors (Lipinski definition) is 2. The second-order valence-electron chi connectivity index (χ2n) is 7.67. The van der Waals surface area contributed by atoms with Gasteiger partial charge in [-0.15, -0.1) is 11.8 Å². The third-order valence-electron chi connectivity index (χ3n) is 5.51. The third-order valence-corrected chi connectivity index (χ3v) is 7.02. The average Bonchev–Trinajstić information content (AvgIpc) is 2.22. The fourth-order valence-electron chi connectivity index (χ4n) is 3.75. The minimum Gasteiger partial charge on any atom is -0.367 e. The summed E-state index contributed by atoms with van der Waals surface area (Å²) in [5.74, 6) is 2.31. The van der Waals surface area contributed by atoms with Gasteiger partial charge in [0.1, 0.15) is 5.44 Å². The Morgan fingerprint density at radius 1 is 1.06 bits per heavy atom. The van der Waals surface area contributed by atoms with E-state index in [4.69, 9.17) is 4.74 Å². The molecule has 0 aromatic rings. The first kappa shape index (κ1) is 14.7. The molecule has 0 radical (unpaired) electrons. The van der Waals surface area contributed by atoms with E-state index in [1.165, 1.54) is 19.3 Å². The molecule has 2 fully saturated rings. The summed E-state index contributed by atoms with van der Waals surface area (Å²) < 4.78 is 6.56. The summed E-state index contributed by atoms with van der Waals surface area (Å²) in [7, 11) is 0. The highest BCUT2D eigenvalue weighted by atomic mass is 32.2. The molecule has 0 aromatic heterocycles. The van der Waals surface area contributed by atoms with Gasteiger partial charge in [-0.25, -0.2) is 0 Å². The molecule has 0 spiro atoms. The van der Waals surface area contributed by atoms with Crippen LogP contribution < -0.4 is 0 Å². The predicted molar refractivity (Wildman–Crippen MR) is 80.9 cm³/mol. The maximum atomic E-state index is 6.17. The van der Waals surface area contributed by atoms with Crippen molar-refractivity contribution < 1.29 is 4.74 Å². The summed E-state index contributed by atoms with van der Waals surface area (Å²) in [4.78, 5) is 0. The number of rotatable bonds is 1. The lowest BCUT2D eigenvalue weighted by Crippen LogP contribution is -2.48. The van der Waals surface area contributed by atoms with Crippen LogP contribution >= 0.6 is 11.8 Å². The van der Waals surface area contributed by atoms with Crippen molar-refractivity contribution in [3.63, 3.8) is 0 Å². The summed E-state index contributed by atoms with van der Waals surface area (Å²) in [5, 5.41) is 0. The van der Waals surface area contributed by atoms with Crippen molar-refractivity contribution in [3.8, 4) is 0 Å². The van der Waals surface area contributed by atoms with E-state index in [0.29, 0.717) is 21.5 Å².